The van der Waals surface area contributed by atoms with Crippen LogP contribution in [-0.4, -0.2) is 39.9 Å². The fourth-order valence-corrected chi connectivity index (χ4v) is 1.59. The van der Waals surface area contributed by atoms with Crippen molar-refractivity contribution in [3.63, 3.8) is 0 Å². The van der Waals surface area contributed by atoms with Crippen LogP contribution >= 0.6 is 0 Å². The van der Waals surface area contributed by atoms with Crippen molar-refractivity contribution in [2.24, 2.45) is 5.92 Å². The lowest BCUT2D eigenvalue weighted by atomic mass is 9.94. The standard InChI is InChI=1S/C9H18O4/c1-5(2)3-7-9(12)6(10)4-8(11)13-7/h5-12H,3-4H2,1-2H3/t6-,7-,8?,9-/m1/s1. The molecular formula is C9H18O4. The van der Waals surface area contributed by atoms with E-state index in [4.69, 9.17) is 4.74 Å². The minimum absolute atomic E-state index is 0.0930. The third-order valence-corrected chi connectivity index (χ3v) is 2.25. The van der Waals surface area contributed by atoms with Crippen LogP contribution in [0.3, 0.4) is 0 Å². The molecule has 1 saturated heterocycles. The van der Waals surface area contributed by atoms with Gasteiger partial charge in [-0.25, -0.2) is 0 Å². The molecule has 1 unspecified atom stereocenters. The summed E-state index contributed by atoms with van der Waals surface area (Å²) in [5.74, 6) is 0.372. The van der Waals surface area contributed by atoms with Gasteiger partial charge >= 0.3 is 0 Å². The zero-order valence-corrected chi connectivity index (χ0v) is 8.05. The van der Waals surface area contributed by atoms with Crippen LogP contribution in [0.2, 0.25) is 0 Å². The second-order valence-electron chi connectivity index (χ2n) is 4.05. The van der Waals surface area contributed by atoms with Gasteiger partial charge in [0.05, 0.1) is 12.2 Å². The molecule has 0 aromatic rings. The molecule has 0 amide bonds. The lowest BCUT2D eigenvalue weighted by Gasteiger charge is -2.35. The largest absolute Gasteiger partial charge is 0.390 e. The molecule has 0 spiro atoms. The van der Waals surface area contributed by atoms with E-state index in [9.17, 15) is 15.3 Å². The van der Waals surface area contributed by atoms with Crippen molar-refractivity contribution < 1.29 is 20.1 Å². The Morgan fingerprint density at radius 3 is 2.46 bits per heavy atom. The van der Waals surface area contributed by atoms with Crippen LogP contribution in [0.4, 0.5) is 0 Å². The van der Waals surface area contributed by atoms with E-state index in [0.29, 0.717) is 12.3 Å². The second kappa shape index (κ2) is 4.37. The first kappa shape index (κ1) is 10.9. The summed E-state index contributed by atoms with van der Waals surface area (Å²) in [7, 11) is 0. The molecule has 0 aromatic carbocycles. The molecule has 4 nitrogen and oxygen atoms in total. The number of rotatable bonds is 2. The number of hydrogen-bond acceptors (Lipinski definition) is 4. The van der Waals surface area contributed by atoms with E-state index in [1.165, 1.54) is 0 Å². The molecule has 78 valence electrons. The number of ether oxygens (including phenoxy) is 1. The number of aliphatic hydroxyl groups is 3. The molecular weight excluding hydrogens is 172 g/mol. The minimum atomic E-state index is -0.942. The van der Waals surface area contributed by atoms with Crippen molar-refractivity contribution >= 4 is 0 Å². The Morgan fingerprint density at radius 1 is 1.31 bits per heavy atom. The highest BCUT2D eigenvalue weighted by atomic mass is 16.6. The quantitative estimate of drug-likeness (QED) is 0.567. The SMILES string of the molecule is CC(C)C[C@H]1OC(O)C[C@@H](O)[C@H]1O. The predicted molar refractivity (Wildman–Crippen MR) is 47.0 cm³/mol. The topological polar surface area (TPSA) is 69.9 Å². The van der Waals surface area contributed by atoms with E-state index in [2.05, 4.69) is 0 Å². The highest BCUT2D eigenvalue weighted by Gasteiger charge is 2.35. The molecule has 13 heavy (non-hydrogen) atoms. The Labute approximate surface area is 78.1 Å². The average Bonchev–Trinajstić information content (AvgIpc) is 1.98. The van der Waals surface area contributed by atoms with Gasteiger partial charge in [-0.15, -0.1) is 0 Å². The van der Waals surface area contributed by atoms with Gasteiger partial charge in [0.1, 0.15) is 6.10 Å². The van der Waals surface area contributed by atoms with Gasteiger partial charge < -0.3 is 20.1 Å². The van der Waals surface area contributed by atoms with Gasteiger partial charge in [-0.3, -0.25) is 0 Å². The maximum Gasteiger partial charge on any atom is 0.157 e. The molecule has 1 aliphatic rings. The summed E-state index contributed by atoms with van der Waals surface area (Å²) in [5, 5.41) is 28.0. The molecule has 1 heterocycles. The van der Waals surface area contributed by atoms with Crippen LogP contribution in [0.15, 0.2) is 0 Å². The normalized spacial score (nSPS) is 41.1. The smallest absolute Gasteiger partial charge is 0.157 e. The molecule has 1 fully saturated rings. The minimum Gasteiger partial charge on any atom is -0.390 e. The Hall–Kier alpha value is -0.160. The zero-order chi connectivity index (χ0) is 10.0. The first-order chi connectivity index (χ1) is 6.00. The van der Waals surface area contributed by atoms with Crippen molar-refractivity contribution in [1.82, 2.24) is 0 Å². The fourth-order valence-electron chi connectivity index (χ4n) is 1.59. The first-order valence-electron chi connectivity index (χ1n) is 4.70. The summed E-state index contributed by atoms with van der Waals surface area (Å²) in [5.41, 5.74) is 0. The summed E-state index contributed by atoms with van der Waals surface area (Å²) in [6.07, 6.45) is -2.38. The van der Waals surface area contributed by atoms with E-state index >= 15 is 0 Å². The molecule has 0 aromatic heterocycles. The molecule has 4 heteroatoms. The van der Waals surface area contributed by atoms with Gasteiger partial charge in [-0.1, -0.05) is 13.8 Å². The Balaban J connectivity index is 2.50. The predicted octanol–water partition coefficient (Wildman–Crippen LogP) is -0.138. The highest BCUT2D eigenvalue weighted by molar-refractivity contribution is 4.82. The molecule has 0 radical (unpaired) electrons. The number of hydrogen-bond donors (Lipinski definition) is 3. The lowest BCUT2D eigenvalue weighted by Crippen LogP contribution is -2.48. The zero-order valence-electron chi connectivity index (χ0n) is 8.05. The Bertz CT molecular complexity index is 158. The summed E-state index contributed by atoms with van der Waals surface area (Å²) < 4.78 is 5.13. The molecule has 4 atom stereocenters. The van der Waals surface area contributed by atoms with E-state index < -0.39 is 24.6 Å². The number of aliphatic hydroxyl groups excluding tert-OH is 3. The van der Waals surface area contributed by atoms with Gasteiger partial charge in [0.25, 0.3) is 0 Å². The van der Waals surface area contributed by atoms with Crippen LogP contribution in [-0.2, 0) is 4.74 Å². The second-order valence-corrected chi connectivity index (χ2v) is 4.05. The summed E-state index contributed by atoms with van der Waals surface area (Å²) in [6, 6.07) is 0. The van der Waals surface area contributed by atoms with Crippen molar-refractivity contribution in [2.75, 3.05) is 0 Å². The summed E-state index contributed by atoms with van der Waals surface area (Å²) in [4.78, 5) is 0. The van der Waals surface area contributed by atoms with Gasteiger partial charge in [-0.2, -0.15) is 0 Å². The Morgan fingerprint density at radius 2 is 1.92 bits per heavy atom. The molecule has 0 aliphatic carbocycles. The van der Waals surface area contributed by atoms with Crippen molar-refractivity contribution in [1.29, 1.82) is 0 Å². The molecule has 0 bridgehead atoms. The van der Waals surface area contributed by atoms with Crippen LogP contribution in [0, 0.1) is 5.92 Å². The van der Waals surface area contributed by atoms with Crippen molar-refractivity contribution in [3.8, 4) is 0 Å². The molecule has 0 saturated carbocycles. The molecule has 1 rings (SSSR count). The van der Waals surface area contributed by atoms with Gasteiger partial charge in [0, 0.05) is 6.42 Å². The van der Waals surface area contributed by atoms with E-state index in [-0.39, 0.29) is 6.42 Å². The third kappa shape index (κ3) is 2.91. The van der Waals surface area contributed by atoms with Gasteiger partial charge in [-0.05, 0) is 12.3 Å². The first-order valence-corrected chi connectivity index (χ1v) is 4.70. The van der Waals surface area contributed by atoms with Crippen LogP contribution in [0.5, 0.6) is 0 Å². The fraction of sp³-hybridized carbons (Fsp3) is 1.00. The van der Waals surface area contributed by atoms with Crippen LogP contribution in [0.25, 0.3) is 0 Å². The maximum absolute atomic E-state index is 9.52. The van der Waals surface area contributed by atoms with E-state index in [1.54, 1.807) is 0 Å². The summed E-state index contributed by atoms with van der Waals surface area (Å²) >= 11 is 0. The maximum atomic E-state index is 9.52. The highest BCUT2D eigenvalue weighted by Crippen LogP contribution is 2.23. The summed E-state index contributed by atoms with van der Waals surface area (Å²) in [6.45, 7) is 4.01. The van der Waals surface area contributed by atoms with Crippen molar-refractivity contribution in [2.45, 2.75) is 51.3 Å². The Kier molecular flexibility index (Phi) is 3.67. The van der Waals surface area contributed by atoms with Gasteiger partial charge in [0.15, 0.2) is 6.29 Å². The van der Waals surface area contributed by atoms with E-state index in [1.807, 2.05) is 13.8 Å². The van der Waals surface area contributed by atoms with Gasteiger partial charge in [0.2, 0.25) is 0 Å². The molecule has 1 aliphatic heterocycles. The lowest BCUT2D eigenvalue weighted by molar-refractivity contribution is -0.235. The third-order valence-electron chi connectivity index (χ3n) is 2.25. The van der Waals surface area contributed by atoms with Crippen LogP contribution < -0.4 is 0 Å². The monoisotopic (exact) mass is 190 g/mol. The van der Waals surface area contributed by atoms with E-state index in [0.717, 1.165) is 0 Å². The van der Waals surface area contributed by atoms with Crippen LogP contribution in [0.1, 0.15) is 26.7 Å². The molecule has 3 N–H and O–H groups in total. The van der Waals surface area contributed by atoms with Crippen molar-refractivity contribution in [3.05, 3.63) is 0 Å². The average molecular weight is 190 g/mol.